The summed E-state index contributed by atoms with van der Waals surface area (Å²) in [4.78, 5) is 30.5. The SMILES string of the molecule is COc1ccccc1-c1nc(C)cc(C(=O)Nc2nc3ccc(N4CCC(N5CCC6(CC5)CN(C)C6)CC4)cc3n2CC(C)(C)O)c1F. The molecule has 49 heavy (non-hydrogen) atoms. The number of imidazole rings is 1. The highest BCUT2D eigenvalue weighted by Crippen LogP contribution is 2.41. The predicted molar refractivity (Wildman–Crippen MR) is 191 cm³/mol. The first-order valence-electron chi connectivity index (χ1n) is 17.4. The summed E-state index contributed by atoms with van der Waals surface area (Å²) in [5.41, 5.74) is 2.87. The van der Waals surface area contributed by atoms with Crippen LogP contribution in [-0.4, -0.2) is 100 Å². The number of carbonyl (C=O) groups excluding carboxylic acids is 1. The third-order valence-electron chi connectivity index (χ3n) is 10.6. The molecule has 1 amide bonds. The van der Waals surface area contributed by atoms with Gasteiger partial charge in [-0.2, -0.15) is 0 Å². The zero-order valence-electron chi connectivity index (χ0n) is 29.3. The molecule has 1 spiro atoms. The molecule has 2 aromatic carbocycles. The van der Waals surface area contributed by atoms with Crippen molar-refractivity contribution in [2.75, 3.05) is 63.6 Å². The molecule has 0 radical (unpaired) electrons. The van der Waals surface area contributed by atoms with Crippen molar-refractivity contribution >= 4 is 28.6 Å². The molecule has 0 saturated carbocycles. The molecule has 2 N–H and O–H groups in total. The quantitative estimate of drug-likeness (QED) is 0.251. The number of likely N-dealkylation sites (tertiary alicyclic amines) is 2. The van der Waals surface area contributed by atoms with E-state index in [1.165, 1.54) is 52.2 Å². The van der Waals surface area contributed by atoms with Crippen molar-refractivity contribution < 1.29 is 19.0 Å². The lowest BCUT2D eigenvalue weighted by molar-refractivity contribution is -0.0419. The molecule has 3 aliphatic rings. The Morgan fingerprint density at radius 1 is 1.06 bits per heavy atom. The number of aliphatic hydroxyl groups is 1. The number of aromatic nitrogens is 3. The minimum atomic E-state index is -1.10. The van der Waals surface area contributed by atoms with E-state index in [-0.39, 0.29) is 23.8 Å². The summed E-state index contributed by atoms with van der Waals surface area (Å²) >= 11 is 0. The lowest BCUT2D eigenvalue weighted by atomic mass is 9.72. The van der Waals surface area contributed by atoms with Crippen LogP contribution in [0.25, 0.3) is 22.3 Å². The van der Waals surface area contributed by atoms with Crippen LogP contribution in [0.3, 0.4) is 0 Å². The highest BCUT2D eigenvalue weighted by Gasteiger charge is 2.44. The second-order valence-corrected chi connectivity index (χ2v) is 15.1. The fraction of sp³-hybridized carbons (Fsp3) is 0.500. The Kier molecular flexibility index (Phi) is 8.87. The molecule has 0 atom stereocenters. The van der Waals surface area contributed by atoms with Gasteiger partial charge in [0.25, 0.3) is 5.91 Å². The number of hydrogen-bond donors (Lipinski definition) is 2. The number of piperidine rings is 2. The van der Waals surface area contributed by atoms with Crippen molar-refractivity contribution in [3.8, 4) is 17.0 Å². The number of benzene rings is 2. The molecular weight excluding hydrogens is 621 g/mol. The van der Waals surface area contributed by atoms with E-state index < -0.39 is 17.3 Å². The van der Waals surface area contributed by atoms with E-state index in [4.69, 9.17) is 9.72 Å². The topological polar surface area (TPSA) is 99.0 Å². The molecule has 5 heterocycles. The summed E-state index contributed by atoms with van der Waals surface area (Å²) in [5.74, 6) is -0.699. The van der Waals surface area contributed by atoms with Gasteiger partial charge in [-0.25, -0.2) is 14.4 Å². The Labute approximate surface area is 287 Å². The van der Waals surface area contributed by atoms with Crippen LogP contribution >= 0.6 is 0 Å². The number of amides is 1. The second-order valence-electron chi connectivity index (χ2n) is 15.1. The molecule has 7 rings (SSSR count). The molecule has 11 heteroatoms. The van der Waals surface area contributed by atoms with Gasteiger partial charge in [0, 0.05) is 49.2 Å². The number of halogens is 1. The van der Waals surface area contributed by atoms with E-state index in [1.807, 2.05) is 10.6 Å². The van der Waals surface area contributed by atoms with Crippen LogP contribution < -0.4 is 15.0 Å². The summed E-state index contributed by atoms with van der Waals surface area (Å²) in [6.07, 6.45) is 4.88. The second kappa shape index (κ2) is 13.0. The first-order valence-corrected chi connectivity index (χ1v) is 17.4. The van der Waals surface area contributed by atoms with E-state index in [1.54, 1.807) is 45.0 Å². The van der Waals surface area contributed by atoms with Crippen LogP contribution in [0.15, 0.2) is 48.5 Å². The van der Waals surface area contributed by atoms with Gasteiger partial charge >= 0.3 is 0 Å². The van der Waals surface area contributed by atoms with Gasteiger partial charge in [0.2, 0.25) is 5.95 Å². The van der Waals surface area contributed by atoms with Gasteiger partial charge in [-0.05, 0) is 108 Å². The van der Waals surface area contributed by atoms with Crippen molar-refractivity contribution in [1.82, 2.24) is 24.3 Å². The summed E-state index contributed by atoms with van der Waals surface area (Å²) in [6, 6.07) is 15.2. The molecule has 3 aliphatic heterocycles. The minimum Gasteiger partial charge on any atom is -0.496 e. The Hall–Kier alpha value is -4.06. The van der Waals surface area contributed by atoms with Gasteiger partial charge in [-0.15, -0.1) is 0 Å². The molecule has 2 aromatic heterocycles. The highest BCUT2D eigenvalue weighted by atomic mass is 19.1. The monoisotopic (exact) mass is 669 g/mol. The van der Waals surface area contributed by atoms with Gasteiger partial charge < -0.3 is 29.1 Å². The molecule has 0 unspecified atom stereocenters. The zero-order chi connectivity index (χ0) is 34.5. The number of pyridine rings is 1. The highest BCUT2D eigenvalue weighted by molar-refractivity contribution is 6.05. The van der Waals surface area contributed by atoms with Crippen molar-refractivity contribution in [3.05, 3.63) is 65.6 Å². The number of para-hydroxylation sites is 1. The van der Waals surface area contributed by atoms with Crippen molar-refractivity contribution in [2.24, 2.45) is 5.41 Å². The van der Waals surface area contributed by atoms with Gasteiger partial charge in [0.15, 0.2) is 5.82 Å². The maximum Gasteiger partial charge on any atom is 0.261 e. The van der Waals surface area contributed by atoms with E-state index in [0.29, 0.717) is 34.0 Å². The fourth-order valence-electron chi connectivity index (χ4n) is 8.23. The van der Waals surface area contributed by atoms with E-state index in [9.17, 15) is 9.90 Å². The van der Waals surface area contributed by atoms with Crippen LogP contribution in [-0.2, 0) is 6.54 Å². The predicted octanol–water partition coefficient (Wildman–Crippen LogP) is 5.57. The van der Waals surface area contributed by atoms with E-state index in [0.717, 1.165) is 37.1 Å². The van der Waals surface area contributed by atoms with Crippen LogP contribution in [0.4, 0.5) is 16.0 Å². The number of aryl methyl sites for hydroxylation is 1. The fourth-order valence-corrected chi connectivity index (χ4v) is 8.23. The lowest BCUT2D eigenvalue weighted by Crippen LogP contribution is -2.60. The number of rotatable bonds is 8. The minimum absolute atomic E-state index is 0.0383. The number of nitrogens with one attached hydrogen (secondary N) is 1. The molecule has 3 fully saturated rings. The van der Waals surface area contributed by atoms with Gasteiger partial charge in [-0.3, -0.25) is 10.1 Å². The average Bonchev–Trinajstić information content (AvgIpc) is 3.39. The molecule has 260 valence electrons. The van der Waals surface area contributed by atoms with Gasteiger partial charge in [0.1, 0.15) is 11.4 Å². The Morgan fingerprint density at radius 3 is 2.45 bits per heavy atom. The number of anilines is 2. The summed E-state index contributed by atoms with van der Waals surface area (Å²) < 4.78 is 23.3. The summed E-state index contributed by atoms with van der Waals surface area (Å²) in [5, 5.41) is 13.7. The maximum absolute atomic E-state index is 16.0. The Morgan fingerprint density at radius 2 is 1.78 bits per heavy atom. The number of methoxy groups -OCH3 is 1. The smallest absolute Gasteiger partial charge is 0.261 e. The van der Waals surface area contributed by atoms with Crippen LogP contribution in [0.1, 0.15) is 55.6 Å². The third kappa shape index (κ3) is 6.76. The molecule has 10 nitrogen and oxygen atoms in total. The van der Waals surface area contributed by atoms with Crippen LogP contribution in [0, 0.1) is 18.2 Å². The van der Waals surface area contributed by atoms with E-state index >= 15 is 4.39 Å². The van der Waals surface area contributed by atoms with E-state index in [2.05, 4.69) is 44.2 Å². The number of fused-ring (bicyclic) bond motifs is 1. The number of carbonyl (C=O) groups is 1. The molecule has 0 aliphatic carbocycles. The molecule has 4 aromatic rings. The Balaban J connectivity index is 1.11. The van der Waals surface area contributed by atoms with Gasteiger partial charge in [-0.1, -0.05) is 12.1 Å². The first kappa shape index (κ1) is 33.4. The molecule has 3 saturated heterocycles. The summed E-state index contributed by atoms with van der Waals surface area (Å²) in [6.45, 7) is 12.2. The maximum atomic E-state index is 16.0. The standard InChI is InChI=1S/C38H48FN7O3/c1-25-20-29(33(39)34(40-25)28-8-6-7-9-32(28)49-5)35(47)42-36-41-30-11-10-27(21-31(30)46(36)22-37(2,3)48)44-16-12-26(13-17-44)45-18-14-38(15-19-45)23-43(4)24-38/h6-11,20-21,26,48H,12-19,22-24H2,1-5H3,(H,41,42,47). The lowest BCUT2D eigenvalue weighted by Gasteiger charge is -2.54. The molecular formula is C38H48FN7O3. The number of nitrogens with zero attached hydrogens (tertiary/aromatic N) is 6. The summed E-state index contributed by atoms with van der Waals surface area (Å²) in [7, 11) is 3.74. The largest absolute Gasteiger partial charge is 0.496 e. The van der Waals surface area contributed by atoms with Crippen molar-refractivity contribution in [1.29, 1.82) is 0 Å². The normalized spacial score (nSPS) is 19.0. The average molecular weight is 670 g/mol. The zero-order valence-corrected chi connectivity index (χ0v) is 29.3. The van der Waals surface area contributed by atoms with Crippen LogP contribution in [0.5, 0.6) is 5.75 Å². The van der Waals surface area contributed by atoms with Gasteiger partial charge in [0.05, 0.1) is 35.9 Å². The van der Waals surface area contributed by atoms with Crippen molar-refractivity contribution in [3.63, 3.8) is 0 Å². The Bertz CT molecular complexity index is 1840. The van der Waals surface area contributed by atoms with Crippen LogP contribution in [0.2, 0.25) is 0 Å². The van der Waals surface area contributed by atoms with Crippen molar-refractivity contribution in [2.45, 2.75) is 64.6 Å². The first-order chi connectivity index (χ1) is 23.4. The number of hydrogen-bond acceptors (Lipinski definition) is 8. The molecule has 0 bridgehead atoms. The number of ether oxygens (including phenoxy) is 1. The third-order valence-corrected chi connectivity index (χ3v) is 10.6.